The molecule has 1 aromatic rings. The molecule has 1 aliphatic carbocycles. The Morgan fingerprint density at radius 1 is 1.26 bits per heavy atom. The summed E-state index contributed by atoms with van der Waals surface area (Å²) < 4.78 is 31.8. The molecule has 1 fully saturated rings. The van der Waals surface area contributed by atoms with Crippen molar-refractivity contribution in [2.75, 3.05) is 18.1 Å². The van der Waals surface area contributed by atoms with Gasteiger partial charge in [0.15, 0.2) is 17.4 Å². The van der Waals surface area contributed by atoms with Gasteiger partial charge in [0.05, 0.1) is 10.7 Å². The van der Waals surface area contributed by atoms with Gasteiger partial charge in [-0.15, -0.1) is 23.5 Å². The van der Waals surface area contributed by atoms with E-state index in [2.05, 4.69) is 0 Å². The molecule has 0 amide bonds. The summed E-state index contributed by atoms with van der Waals surface area (Å²) in [5.74, 6) is -1.49. The van der Waals surface area contributed by atoms with E-state index >= 15 is 0 Å². The van der Waals surface area contributed by atoms with Crippen LogP contribution in [-0.4, -0.2) is 29.9 Å². The lowest BCUT2D eigenvalue weighted by molar-refractivity contribution is -0.145. The standard InChI is InChI=1S/C16H16F2O3S2/c1-2-21-15(20)7-14(19)10-8-16(22-3-4-23-16)11-6-13(18)12(17)5-9(10)11/h5-6,10H,2-4,7-8H2,1H3. The molecule has 1 spiro atoms. The van der Waals surface area contributed by atoms with Crippen molar-refractivity contribution in [2.24, 2.45) is 0 Å². The molecule has 0 aromatic heterocycles. The van der Waals surface area contributed by atoms with Crippen LogP contribution in [0.25, 0.3) is 0 Å². The van der Waals surface area contributed by atoms with Crippen LogP contribution in [0.1, 0.15) is 36.8 Å². The van der Waals surface area contributed by atoms with E-state index in [9.17, 15) is 18.4 Å². The number of halogens is 2. The largest absolute Gasteiger partial charge is 0.466 e. The molecule has 1 heterocycles. The monoisotopic (exact) mass is 358 g/mol. The van der Waals surface area contributed by atoms with Crippen molar-refractivity contribution in [3.63, 3.8) is 0 Å². The first-order valence-electron chi connectivity index (χ1n) is 7.42. The van der Waals surface area contributed by atoms with Crippen LogP contribution in [0, 0.1) is 11.6 Å². The van der Waals surface area contributed by atoms with Gasteiger partial charge in [-0.2, -0.15) is 0 Å². The second-order valence-electron chi connectivity index (χ2n) is 5.51. The molecule has 0 radical (unpaired) electrons. The number of carbonyl (C=O) groups excluding carboxylic acids is 2. The van der Waals surface area contributed by atoms with Crippen LogP contribution in [0.4, 0.5) is 8.78 Å². The van der Waals surface area contributed by atoms with Gasteiger partial charge in [0, 0.05) is 17.4 Å². The zero-order valence-electron chi connectivity index (χ0n) is 12.6. The molecule has 3 nitrogen and oxygen atoms in total. The fourth-order valence-electron chi connectivity index (χ4n) is 3.16. The lowest BCUT2D eigenvalue weighted by Gasteiger charge is -2.22. The molecular weight excluding hydrogens is 342 g/mol. The average molecular weight is 358 g/mol. The first-order valence-corrected chi connectivity index (χ1v) is 9.39. The van der Waals surface area contributed by atoms with Crippen LogP contribution in [0.2, 0.25) is 0 Å². The fraction of sp³-hybridized carbons (Fsp3) is 0.500. The lowest BCUT2D eigenvalue weighted by atomic mass is 9.94. The minimum absolute atomic E-state index is 0.211. The molecule has 124 valence electrons. The number of hydrogen-bond acceptors (Lipinski definition) is 5. The normalized spacial score (nSPS) is 21.4. The molecule has 3 rings (SSSR count). The topological polar surface area (TPSA) is 43.4 Å². The molecule has 1 atom stereocenters. The maximum atomic E-state index is 13.7. The highest BCUT2D eigenvalue weighted by Crippen LogP contribution is 2.62. The van der Waals surface area contributed by atoms with Crippen LogP contribution in [-0.2, 0) is 18.4 Å². The maximum Gasteiger partial charge on any atom is 0.313 e. The van der Waals surface area contributed by atoms with Crippen molar-refractivity contribution in [2.45, 2.75) is 29.8 Å². The smallest absolute Gasteiger partial charge is 0.313 e. The van der Waals surface area contributed by atoms with Gasteiger partial charge in [0.25, 0.3) is 0 Å². The van der Waals surface area contributed by atoms with E-state index < -0.39 is 27.6 Å². The summed E-state index contributed by atoms with van der Waals surface area (Å²) in [7, 11) is 0. The number of esters is 1. The Bertz CT molecular complexity index is 657. The number of thioether (sulfide) groups is 2. The molecule has 7 heteroatoms. The minimum Gasteiger partial charge on any atom is -0.466 e. The summed E-state index contributed by atoms with van der Waals surface area (Å²) in [5.41, 5.74) is 1.20. The van der Waals surface area contributed by atoms with E-state index in [0.717, 1.165) is 17.6 Å². The van der Waals surface area contributed by atoms with Gasteiger partial charge in [-0.25, -0.2) is 8.78 Å². The lowest BCUT2D eigenvalue weighted by Crippen LogP contribution is -2.18. The number of Topliss-reactive ketones (excluding diaryl/α,β-unsaturated/α-hetero) is 1. The van der Waals surface area contributed by atoms with Crippen LogP contribution < -0.4 is 0 Å². The summed E-state index contributed by atoms with van der Waals surface area (Å²) in [5, 5.41) is 0. The van der Waals surface area contributed by atoms with E-state index in [1.165, 1.54) is 6.07 Å². The van der Waals surface area contributed by atoms with Gasteiger partial charge in [0.1, 0.15) is 6.42 Å². The molecular formula is C16H16F2O3S2. The third-order valence-electron chi connectivity index (χ3n) is 4.12. The van der Waals surface area contributed by atoms with Crippen molar-refractivity contribution in [1.29, 1.82) is 0 Å². The van der Waals surface area contributed by atoms with Gasteiger partial charge in [0.2, 0.25) is 0 Å². The van der Waals surface area contributed by atoms with Gasteiger partial charge in [-0.05, 0) is 36.6 Å². The Labute approximate surface area is 141 Å². The second kappa shape index (κ2) is 6.43. The molecule has 2 aliphatic rings. The fourth-order valence-corrected chi connectivity index (χ4v) is 6.55. The average Bonchev–Trinajstić information content (AvgIpc) is 3.08. The Kier molecular flexibility index (Phi) is 4.69. The van der Waals surface area contributed by atoms with E-state index in [1.54, 1.807) is 30.4 Å². The zero-order chi connectivity index (χ0) is 16.6. The Morgan fingerprint density at radius 2 is 1.91 bits per heavy atom. The summed E-state index contributed by atoms with van der Waals surface area (Å²) in [6.45, 7) is 1.88. The number of ether oxygens (including phenoxy) is 1. The SMILES string of the molecule is CCOC(=O)CC(=O)C1CC2(SCCS2)c2cc(F)c(F)cc21. The molecule has 23 heavy (non-hydrogen) atoms. The van der Waals surface area contributed by atoms with Crippen LogP contribution >= 0.6 is 23.5 Å². The molecule has 0 saturated carbocycles. The van der Waals surface area contributed by atoms with E-state index in [4.69, 9.17) is 4.74 Å². The maximum absolute atomic E-state index is 13.7. The Hall–Kier alpha value is -1.08. The summed E-state index contributed by atoms with van der Waals surface area (Å²) >= 11 is 3.33. The van der Waals surface area contributed by atoms with Gasteiger partial charge < -0.3 is 4.74 Å². The molecule has 1 aromatic carbocycles. The van der Waals surface area contributed by atoms with Crippen LogP contribution in [0.5, 0.6) is 0 Å². The predicted molar refractivity (Wildman–Crippen MR) is 86.6 cm³/mol. The number of carbonyl (C=O) groups is 2. The highest BCUT2D eigenvalue weighted by atomic mass is 32.2. The van der Waals surface area contributed by atoms with Crippen molar-refractivity contribution in [1.82, 2.24) is 0 Å². The van der Waals surface area contributed by atoms with Crippen LogP contribution in [0.15, 0.2) is 12.1 Å². The van der Waals surface area contributed by atoms with Crippen LogP contribution in [0.3, 0.4) is 0 Å². The first kappa shape index (κ1) is 16.8. The number of fused-ring (bicyclic) bond motifs is 2. The van der Waals surface area contributed by atoms with Crippen molar-refractivity contribution in [3.8, 4) is 0 Å². The summed E-state index contributed by atoms with van der Waals surface area (Å²) in [6, 6.07) is 2.33. The highest BCUT2D eigenvalue weighted by molar-refractivity contribution is 8.20. The summed E-state index contributed by atoms with van der Waals surface area (Å²) in [4.78, 5) is 24.1. The Morgan fingerprint density at radius 3 is 2.57 bits per heavy atom. The highest BCUT2D eigenvalue weighted by Gasteiger charge is 2.49. The van der Waals surface area contributed by atoms with E-state index in [0.29, 0.717) is 17.5 Å². The quantitative estimate of drug-likeness (QED) is 0.608. The second-order valence-corrected chi connectivity index (χ2v) is 8.55. The Balaban J connectivity index is 1.94. The van der Waals surface area contributed by atoms with Gasteiger partial charge in [-0.1, -0.05) is 0 Å². The molecule has 1 saturated heterocycles. The third-order valence-corrected chi connectivity index (χ3v) is 7.61. The summed E-state index contributed by atoms with van der Waals surface area (Å²) in [6.07, 6.45) is 0.140. The molecule has 0 bridgehead atoms. The number of hydrogen-bond donors (Lipinski definition) is 0. The first-order chi connectivity index (χ1) is 11.0. The van der Waals surface area contributed by atoms with Crippen molar-refractivity contribution >= 4 is 35.3 Å². The molecule has 1 unspecified atom stereocenters. The number of rotatable bonds is 4. The van der Waals surface area contributed by atoms with Gasteiger partial charge >= 0.3 is 5.97 Å². The number of benzene rings is 1. The number of ketones is 1. The van der Waals surface area contributed by atoms with E-state index in [1.807, 2.05) is 0 Å². The predicted octanol–water partition coefficient (Wildman–Crippen LogP) is 3.61. The van der Waals surface area contributed by atoms with Crippen molar-refractivity contribution in [3.05, 3.63) is 34.9 Å². The minimum atomic E-state index is -0.956. The van der Waals surface area contributed by atoms with Crippen molar-refractivity contribution < 1.29 is 23.1 Å². The molecule has 1 aliphatic heterocycles. The van der Waals surface area contributed by atoms with E-state index in [-0.39, 0.29) is 18.8 Å². The molecule has 0 N–H and O–H groups in total. The zero-order valence-corrected chi connectivity index (χ0v) is 14.2. The van der Waals surface area contributed by atoms with Gasteiger partial charge in [-0.3, -0.25) is 9.59 Å². The third kappa shape index (κ3) is 3.01.